The summed E-state index contributed by atoms with van der Waals surface area (Å²) < 4.78 is 0. The Morgan fingerprint density at radius 3 is 2.63 bits per heavy atom. The highest BCUT2D eigenvalue weighted by molar-refractivity contribution is 7.10. The summed E-state index contributed by atoms with van der Waals surface area (Å²) in [6.07, 6.45) is 0. The normalized spacial score (nSPS) is 12.4. The molecule has 1 aromatic heterocycles. The van der Waals surface area contributed by atoms with Crippen molar-refractivity contribution in [2.24, 2.45) is 5.92 Å². The number of benzene rings is 1. The van der Waals surface area contributed by atoms with Crippen LogP contribution in [0, 0.1) is 5.92 Å². The molecule has 0 aliphatic carbocycles. The van der Waals surface area contributed by atoms with Crippen LogP contribution >= 0.6 is 11.3 Å². The summed E-state index contributed by atoms with van der Waals surface area (Å²) >= 11 is 1.66. The molecule has 2 aromatic rings. The highest BCUT2D eigenvalue weighted by Crippen LogP contribution is 2.26. The number of nitrogens with one attached hydrogen (secondary N) is 1. The van der Waals surface area contributed by atoms with Crippen LogP contribution in [0.15, 0.2) is 41.8 Å². The van der Waals surface area contributed by atoms with Gasteiger partial charge in [0.2, 0.25) is 0 Å². The minimum absolute atomic E-state index is 0.0360. The number of anilines is 1. The lowest BCUT2D eigenvalue weighted by Gasteiger charge is -2.21. The molecule has 3 nitrogen and oxygen atoms in total. The van der Waals surface area contributed by atoms with Crippen molar-refractivity contribution in [1.82, 2.24) is 5.32 Å². The molecule has 1 atom stereocenters. The maximum absolute atomic E-state index is 12.2. The van der Waals surface area contributed by atoms with Crippen LogP contribution in [0.5, 0.6) is 0 Å². The van der Waals surface area contributed by atoms with Crippen molar-refractivity contribution in [2.45, 2.75) is 19.9 Å². The molecule has 0 aliphatic rings. The zero-order chi connectivity index (χ0) is 13.8. The average molecular weight is 274 g/mol. The number of nitrogens with two attached hydrogens (primary N) is 1. The van der Waals surface area contributed by atoms with Crippen molar-refractivity contribution < 1.29 is 4.79 Å². The summed E-state index contributed by atoms with van der Waals surface area (Å²) in [4.78, 5) is 13.4. The van der Waals surface area contributed by atoms with Gasteiger partial charge >= 0.3 is 0 Å². The molecule has 1 amide bonds. The average Bonchev–Trinajstić information content (AvgIpc) is 2.88. The van der Waals surface area contributed by atoms with Crippen LogP contribution in [0.2, 0.25) is 0 Å². The Kier molecular flexibility index (Phi) is 4.22. The molecule has 0 saturated heterocycles. The third-order valence-electron chi connectivity index (χ3n) is 2.95. The number of carbonyl (C=O) groups excluding carboxylic acids is 1. The molecule has 0 spiro atoms. The lowest BCUT2D eigenvalue weighted by molar-refractivity contribution is 0.0926. The first-order valence-electron chi connectivity index (χ1n) is 6.27. The molecule has 0 radical (unpaired) electrons. The Bertz CT molecular complexity index is 549. The monoisotopic (exact) mass is 274 g/mol. The van der Waals surface area contributed by atoms with Gasteiger partial charge in [-0.1, -0.05) is 26.0 Å². The van der Waals surface area contributed by atoms with Gasteiger partial charge < -0.3 is 11.1 Å². The fourth-order valence-electron chi connectivity index (χ4n) is 1.94. The summed E-state index contributed by atoms with van der Waals surface area (Å²) in [5.74, 6) is 0.253. The van der Waals surface area contributed by atoms with E-state index in [1.165, 1.54) is 4.88 Å². The summed E-state index contributed by atoms with van der Waals surface area (Å²) in [5, 5.41) is 5.10. The van der Waals surface area contributed by atoms with Crippen molar-refractivity contribution in [2.75, 3.05) is 5.73 Å². The van der Waals surface area contributed by atoms with Crippen molar-refractivity contribution in [3.05, 3.63) is 52.2 Å². The molecule has 1 heterocycles. The van der Waals surface area contributed by atoms with Gasteiger partial charge in [-0.2, -0.15) is 0 Å². The van der Waals surface area contributed by atoms with Gasteiger partial charge in [-0.15, -0.1) is 11.3 Å². The molecule has 1 unspecified atom stereocenters. The van der Waals surface area contributed by atoms with Gasteiger partial charge in [-0.3, -0.25) is 4.79 Å². The van der Waals surface area contributed by atoms with Gasteiger partial charge in [0.1, 0.15) is 0 Å². The van der Waals surface area contributed by atoms with Gasteiger partial charge in [-0.25, -0.2) is 0 Å². The van der Waals surface area contributed by atoms with Crippen molar-refractivity contribution in [1.29, 1.82) is 0 Å². The Morgan fingerprint density at radius 1 is 1.26 bits per heavy atom. The predicted molar refractivity (Wildman–Crippen MR) is 80.2 cm³/mol. The van der Waals surface area contributed by atoms with Crippen LogP contribution in [-0.4, -0.2) is 5.91 Å². The zero-order valence-electron chi connectivity index (χ0n) is 11.1. The number of hydrogen-bond acceptors (Lipinski definition) is 3. The van der Waals surface area contributed by atoms with Crippen molar-refractivity contribution in [3.63, 3.8) is 0 Å². The molecule has 1 aromatic carbocycles. The Hall–Kier alpha value is -1.81. The zero-order valence-corrected chi connectivity index (χ0v) is 11.9. The molecule has 0 bridgehead atoms. The first-order chi connectivity index (χ1) is 9.08. The molecular formula is C15H18N2OS. The van der Waals surface area contributed by atoms with Crippen molar-refractivity contribution in [3.8, 4) is 0 Å². The molecule has 0 aliphatic heterocycles. The summed E-state index contributed by atoms with van der Waals surface area (Å²) in [7, 11) is 0. The van der Waals surface area contributed by atoms with E-state index in [1.54, 1.807) is 35.6 Å². The van der Waals surface area contributed by atoms with E-state index in [4.69, 9.17) is 5.73 Å². The summed E-state index contributed by atoms with van der Waals surface area (Å²) in [6.45, 7) is 4.20. The van der Waals surface area contributed by atoms with E-state index < -0.39 is 0 Å². The lowest BCUT2D eigenvalue weighted by Crippen LogP contribution is -2.31. The second kappa shape index (κ2) is 5.89. The SMILES string of the molecule is CC(C)C(NC(=O)c1cccc(N)c1)c1cccs1. The maximum Gasteiger partial charge on any atom is 0.251 e. The number of hydrogen-bond donors (Lipinski definition) is 2. The molecule has 2 rings (SSSR count). The third kappa shape index (κ3) is 3.35. The minimum Gasteiger partial charge on any atom is -0.399 e. The largest absolute Gasteiger partial charge is 0.399 e. The van der Waals surface area contributed by atoms with E-state index >= 15 is 0 Å². The first kappa shape index (κ1) is 13.6. The fraction of sp³-hybridized carbons (Fsp3) is 0.267. The Morgan fingerprint density at radius 2 is 2.05 bits per heavy atom. The first-order valence-corrected chi connectivity index (χ1v) is 7.15. The number of carbonyl (C=O) groups is 1. The number of rotatable bonds is 4. The van der Waals surface area contributed by atoms with Gasteiger partial charge in [0.25, 0.3) is 5.91 Å². The summed E-state index contributed by atoms with van der Waals surface area (Å²) in [6, 6.07) is 11.1. The molecule has 0 fully saturated rings. The van der Waals surface area contributed by atoms with Crippen LogP contribution in [0.1, 0.15) is 35.1 Å². The van der Waals surface area contributed by atoms with Gasteiger partial charge in [0, 0.05) is 16.1 Å². The molecule has 4 heteroatoms. The molecular weight excluding hydrogens is 256 g/mol. The number of thiophene rings is 1. The Labute approximate surface area is 117 Å². The fourth-order valence-corrected chi connectivity index (χ4v) is 2.89. The van der Waals surface area contributed by atoms with E-state index in [0.717, 1.165) is 0 Å². The van der Waals surface area contributed by atoms with Crippen LogP contribution in [0.3, 0.4) is 0 Å². The minimum atomic E-state index is -0.0839. The van der Waals surface area contributed by atoms with E-state index in [1.807, 2.05) is 11.4 Å². The second-order valence-corrected chi connectivity index (χ2v) is 5.82. The number of nitrogen functional groups attached to an aromatic ring is 1. The smallest absolute Gasteiger partial charge is 0.251 e. The van der Waals surface area contributed by atoms with E-state index in [9.17, 15) is 4.79 Å². The maximum atomic E-state index is 12.2. The second-order valence-electron chi connectivity index (χ2n) is 4.84. The van der Waals surface area contributed by atoms with Crippen LogP contribution in [0.25, 0.3) is 0 Å². The quantitative estimate of drug-likeness (QED) is 0.839. The molecule has 100 valence electrons. The summed E-state index contributed by atoms with van der Waals surface area (Å²) in [5.41, 5.74) is 6.90. The molecule has 19 heavy (non-hydrogen) atoms. The van der Waals surface area contributed by atoms with Crippen LogP contribution in [-0.2, 0) is 0 Å². The van der Waals surface area contributed by atoms with Gasteiger partial charge in [-0.05, 0) is 35.6 Å². The highest BCUT2D eigenvalue weighted by Gasteiger charge is 2.19. The van der Waals surface area contributed by atoms with Gasteiger partial charge in [0.15, 0.2) is 0 Å². The lowest BCUT2D eigenvalue weighted by atomic mass is 10.0. The van der Waals surface area contributed by atoms with Crippen LogP contribution in [0.4, 0.5) is 5.69 Å². The van der Waals surface area contributed by atoms with E-state index in [0.29, 0.717) is 17.2 Å². The standard InChI is InChI=1S/C15H18N2OS/c1-10(2)14(13-7-4-8-19-13)17-15(18)11-5-3-6-12(16)9-11/h3-10,14H,16H2,1-2H3,(H,17,18). The van der Waals surface area contributed by atoms with Gasteiger partial charge in [0.05, 0.1) is 6.04 Å². The predicted octanol–water partition coefficient (Wildman–Crippen LogP) is 3.46. The number of amides is 1. The van der Waals surface area contributed by atoms with Crippen LogP contribution < -0.4 is 11.1 Å². The molecule has 3 N–H and O–H groups in total. The Balaban J connectivity index is 2.16. The molecule has 0 saturated carbocycles. The van der Waals surface area contributed by atoms with E-state index in [-0.39, 0.29) is 11.9 Å². The highest BCUT2D eigenvalue weighted by atomic mass is 32.1. The van der Waals surface area contributed by atoms with E-state index in [2.05, 4.69) is 25.2 Å². The third-order valence-corrected chi connectivity index (χ3v) is 3.91. The topological polar surface area (TPSA) is 55.1 Å². The van der Waals surface area contributed by atoms with Crippen molar-refractivity contribution >= 4 is 22.9 Å².